The van der Waals surface area contributed by atoms with E-state index in [0.29, 0.717) is 11.3 Å². The zero-order valence-corrected chi connectivity index (χ0v) is 6.76. The Hall–Kier alpha value is -1.93. The maximum Gasteiger partial charge on any atom is 0.152 e. The fourth-order valence-electron chi connectivity index (χ4n) is 0.891. The van der Waals surface area contributed by atoms with Crippen LogP contribution in [0.5, 0.6) is 0 Å². The van der Waals surface area contributed by atoms with Crippen molar-refractivity contribution in [3.8, 4) is 17.9 Å². The van der Waals surface area contributed by atoms with Gasteiger partial charge < -0.3 is 5.73 Å². The minimum absolute atomic E-state index is 0.623. The van der Waals surface area contributed by atoms with Gasteiger partial charge in [-0.25, -0.2) is 0 Å². The highest BCUT2D eigenvalue weighted by Crippen LogP contribution is 2.11. The van der Waals surface area contributed by atoms with Crippen LogP contribution in [-0.4, -0.2) is 0 Å². The number of nitrogens with zero attached hydrogens (tertiary/aromatic N) is 1. The lowest BCUT2D eigenvalue weighted by molar-refractivity contribution is 1.46. The molecule has 0 aliphatic carbocycles. The topological polar surface area (TPSA) is 49.8 Å². The third-order valence-corrected chi connectivity index (χ3v) is 1.46. The summed E-state index contributed by atoms with van der Waals surface area (Å²) in [4.78, 5) is 0. The van der Waals surface area contributed by atoms with Crippen LogP contribution in [0.2, 0.25) is 0 Å². The monoisotopic (exact) mass is 156 g/mol. The van der Waals surface area contributed by atoms with E-state index >= 15 is 0 Å². The lowest BCUT2D eigenvalue weighted by Gasteiger charge is -1.97. The Balaban J connectivity index is 3.12. The number of nitrogen functional groups attached to an aromatic ring is 1. The average molecular weight is 156 g/mol. The minimum Gasteiger partial charge on any atom is -0.398 e. The van der Waals surface area contributed by atoms with Gasteiger partial charge in [0.2, 0.25) is 0 Å². The minimum atomic E-state index is 0.623. The van der Waals surface area contributed by atoms with Gasteiger partial charge in [0.1, 0.15) is 0 Å². The van der Waals surface area contributed by atoms with Crippen molar-refractivity contribution in [3.63, 3.8) is 0 Å². The highest BCUT2D eigenvalue weighted by molar-refractivity contribution is 5.57. The first kappa shape index (κ1) is 8.17. The van der Waals surface area contributed by atoms with Gasteiger partial charge in [0.15, 0.2) is 6.07 Å². The number of hydrogen-bond donors (Lipinski definition) is 1. The number of anilines is 1. The van der Waals surface area contributed by atoms with Crippen LogP contribution in [-0.2, 0) is 0 Å². The van der Waals surface area contributed by atoms with Crippen molar-refractivity contribution in [1.82, 2.24) is 0 Å². The zero-order valence-electron chi connectivity index (χ0n) is 6.76. The lowest BCUT2D eigenvalue weighted by Crippen LogP contribution is -1.90. The number of aryl methyl sites for hydroxylation is 1. The van der Waals surface area contributed by atoms with E-state index in [2.05, 4.69) is 11.8 Å². The summed E-state index contributed by atoms with van der Waals surface area (Å²) in [6.07, 6.45) is 0. The van der Waals surface area contributed by atoms with Crippen LogP contribution in [0.4, 0.5) is 5.69 Å². The van der Waals surface area contributed by atoms with Gasteiger partial charge in [-0.2, -0.15) is 5.26 Å². The van der Waals surface area contributed by atoms with Gasteiger partial charge in [0.05, 0.1) is 0 Å². The Kier molecular flexibility index (Phi) is 2.35. The smallest absolute Gasteiger partial charge is 0.152 e. The molecule has 2 heteroatoms. The van der Waals surface area contributed by atoms with Crippen molar-refractivity contribution >= 4 is 5.69 Å². The normalized spacial score (nSPS) is 8.00. The first-order valence-corrected chi connectivity index (χ1v) is 3.50. The first-order valence-electron chi connectivity index (χ1n) is 3.50. The standard InChI is InChI=1S/C10H8N2/c1-8-4-5-9(3-2-6-11)10(12)7-8/h4-5,7H,12H2,1H3. The molecular formula is C10H8N2. The molecule has 1 aromatic carbocycles. The molecule has 0 heterocycles. The van der Waals surface area contributed by atoms with Gasteiger partial charge >= 0.3 is 0 Å². The van der Waals surface area contributed by atoms with Crippen molar-refractivity contribution < 1.29 is 0 Å². The summed E-state index contributed by atoms with van der Waals surface area (Å²) in [5, 5.41) is 8.21. The fraction of sp³-hybridized carbons (Fsp3) is 0.100. The van der Waals surface area contributed by atoms with Crippen LogP contribution in [0, 0.1) is 30.1 Å². The van der Waals surface area contributed by atoms with Gasteiger partial charge in [-0.15, -0.1) is 0 Å². The molecule has 0 radical (unpaired) electrons. The molecule has 0 unspecified atom stereocenters. The van der Waals surface area contributed by atoms with E-state index in [4.69, 9.17) is 11.0 Å². The van der Waals surface area contributed by atoms with Crippen molar-refractivity contribution in [2.24, 2.45) is 0 Å². The second kappa shape index (κ2) is 3.46. The third kappa shape index (κ3) is 1.78. The van der Waals surface area contributed by atoms with E-state index in [0.717, 1.165) is 5.56 Å². The second-order valence-electron chi connectivity index (χ2n) is 2.45. The molecule has 1 aromatic rings. The van der Waals surface area contributed by atoms with Crippen molar-refractivity contribution in [2.45, 2.75) is 6.92 Å². The van der Waals surface area contributed by atoms with Crippen molar-refractivity contribution in [2.75, 3.05) is 5.73 Å². The van der Waals surface area contributed by atoms with Crippen LogP contribution >= 0.6 is 0 Å². The van der Waals surface area contributed by atoms with Crippen LogP contribution in [0.3, 0.4) is 0 Å². The zero-order chi connectivity index (χ0) is 8.97. The van der Waals surface area contributed by atoms with Crippen LogP contribution in [0.25, 0.3) is 0 Å². The molecule has 0 aliphatic heterocycles. The summed E-state index contributed by atoms with van der Waals surface area (Å²) in [6, 6.07) is 7.30. The highest BCUT2D eigenvalue weighted by atomic mass is 14.5. The Labute approximate surface area is 71.6 Å². The molecule has 2 nitrogen and oxygen atoms in total. The van der Waals surface area contributed by atoms with Gasteiger partial charge in [0.25, 0.3) is 0 Å². The summed E-state index contributed by atoms with van der Waals surface area (Å²) < 4.78 is 0. The summed E-state index contributed by atoms with van der Waals surface area (Å²) in [6.45, 7) is 1.96. The fourth-order valence-corrected chi connectivity index (χ4v) is 0.891. The Bertz CT molecular complexity index is 389. The SMILES string of the molecule is Cc1ccc(C#CC#N)c(N)c1. The molecule has 0 saturated carbocycles. The van der Waals surface area contributed by atoms with Gasteiger partial charge in [-0.3, -0.25) is 0 Å². The number of benzene rings is 1. The first-order chi connectivity index (χ1) is 5.74. The van der Waals surface area contributed by atoms with Gasteiger partial charge in [-0.05, 0) is 30.5 Å². The molecule has 0 atom stereocenters. The predicted molar refractivity (Wildman–Crippen MR) is 48.1 cm³/mol. The lowest BCUT2D eigenvalue weighted by atomic mass is 10.1. The molecule has 2 N–H and O–H groups in total. The number of rotatable bonds is 0. The Morgan fingerprint density at radius 2 is 2.17 bits per heavy atom. The van der Waals surface area contributed by atoms with E-state index in [1.165, 1.54) is 0 Å². The molecule has 58 valence electrons. The largest absolute Gasteiger partial charge is 0.398 e. The highest BCUT2D eigenvalue weighted by Gasteiger charge is 1.93. The van der Waals surface area contributed by atoms with Gasteiger partial charge in [0, 0.05) is 17.2 Å². The molecule has 0 spiro atoms. The molecular weight excluding hydrogens is 148 g/mol. The van der Waals surface area contributed by atoms with Crippen molar-refractivity contribution in [3.05, 3.63) is 29.3 Å². The van der Waals surface area contributed by atoms with E-state index in [1.54, 1.807) is 6.07 Å². The van der Waals surface area contributed by atoms with Gasteiger partial charge in [-0.1, -0.05) is 6.07 Å². The Morgan fingerprint density at radius 1 is 1.42 bits per heavy atom. The number of hydrogen-bond acceptors (Lipinski definition) is 2. The molecule has 1 rings (SSSR count). The maximum atomic E-state index is 8.21. The number of nitrogens with two attached hydrogens (primary N) is 1. The average Bonchev–Trinajstić information content (AvgIpc) is 2.03. The van der Waals surface area contributed by atoms with E-state index < -0.39 is 0 Å². The Morgan fingerprint density at radius 3 is 2.75 bits per heavy atom. The summed E-state index contributed by atoms with van der Waals surface area (Å²) >= 11 is 0. The van der Waals surface area contributed by atoms with E-state index in [9.17, 15) is 0 Å². The van der Waals surface area contributed by atoms with Crippen LogP contribution in [0.1, 0.15) is 11.1 Å². The maximum absolute atomic E-state index is 8.21. The molecule has 12 heavy (non-hydrogen) atoms. The van der Waals surface area contributed by atoms with Crippen molar-refractivity contribution in [1.29, 1.82) is 5.26 Å². The molecule has 0 aliphatic rings. The van der Waals surface area contributed by atoms with E-state index in [1.807, 2.05) is 25.1 Å². The summed E-state index contributed by atoms with van der Waals surface area (Å²) in [7, 11) is 0. The molecule has 0 amide bonds. The quantitative estimate of drug-likeness (QED) is 0.456. The molecule has 0 bridgehead atoms. The van der Waals surface area contributed by atoms with Crippen LogP contribution in [0.15, 0.2) is 18.2 Å². The molecule has 0 saturated heterocycles. The molecule has 0 fully saturated rings. The molecule has 0 aromatic heterocycles. The van der Waals surface area contributed by atoms with E-state index in [-0.39, 0.29) is 0 Å². The third-order valence-electron chi connectivity index (χ3n) is 1.46. The summed E-state index contributed by atoms with van der Waals surface area (Å²) in [5.74, 6) is 4.95. The number of nitriles is 1. The summed E-state index contributed by atoms with van der Waals surface area (Å²) in [5.41, 5.74) is 8.08. The second-order valence-corrected chi connectivity index (χ2v) is 2.45. The van der Waals surface area contributed by atoms with Crippen LogP contribution < -0.4 is 5.73 Å². The predicted octanol–water partition coefficient (Wildman–Crippen LogP) is 1.45.